The molecule has 2 aromatic carbocycles. The van der Waals surface area contributed by atoms with Gasteiger partial charge in [-0.3, -0.25) is 14.5 Å². The van der Waals surface area contributed by atoms with Crippen LogP contribution in [0.3, 0.4) is 0 Å². The second-order valence-corrected chi connectivity index (χ2v) is 7.65. The van der Waals surface area contributed by atoms with Gasteiger partial charge in [-0.2, -0.15) is 0 Å². The summed E-state index contributed by atoms with van der Waals surface area (Å²) in [6.45, 7) is 3.75. The molecule has 1 aromatic heterocycles. The summed E-state index contributed by atoms with van der Waals surface area (Å²) in [5, 5.41) is 0. The van der Waals surface area contributed by atoms with E-state index in [1.54, 1.807) is 42.5 Å². The van der Waals surface area contributed by atoms with Crippen LogP contribution in [0.5, 0.6) is 0 Å². The molecule has 0 atom stereocenters. The first-order chi connectivity index (χ1) is 12.4. The van der Waals surface area contributed by atoms with Crippen LogP contribution in [-0.4, -0.2) is 19.2 Å². The van der Waals surface area contributed by atoms with Crippen LogP contribution < -0.4 is 4.72 Å². The highest BCUT2D eigenvalue weighted by molar-refractivity contribution is 7.92. The third kappa shape index (κ3) is 3.65. The third-order valence-electron chi connectivity index (χ3n) is 4.12. The van der Waals surface area contributed by atoms with E-state index < -0.39 is 10.0 Å². The van der Waals surface area contributed by atoms with E-state index in [9.17, 15) is 13.2 Å². The van der Waals surface area contributed by atoms with Crippen LogP contribution in [0.15, 0.2) is 71.9 Å². The molecule has 1 heterocycles. The minimum absolute atomic E-state index is 0.139. The van der Waals surface area contributed by atoms with Crippen molar-refractivity contribution < 1.29 is 13.2 Å². The van der Waals surface area contributed by atoms with Crippen molar-refractivity contribution in [3.8, 4) is 0 Å². The van der Waals surface area contributed by atoms with Gasteiger partial charge in [0.25, 0.3) is 10.0 Å². The Balaban J connectivity index is 2.07. The fourth-order valence-electron chi connectivity index (χ4n) is 2.55. The number of carbonyl (C=O) groups is 1. The Morgan fingerprint density at radius 3 is 2.19 bits per heavy atom. The number of rotatable bonds is 5. The van der Waals surface area contributed by atoms with Crippen LogP contribution in [-0.2, 0) is 10.0 Å². The fourth-order valence-corrected chi connectivity index (χ4v) is 3.64. The highest BCUT2D eigenvalue weighted by Gasteiger charge is 2.20. The molecule has 0 aliphatic carbocycles. The molecule has 0 bridgehead atoms. The van der Waals surface area contributed by atoms with Crippen LogP contribution in [0.25, 0.3) is 0 Å². The van der Waals surface area contributed by atoms with E-state index in [2.05, 4.69) is 9.71 Å². The van der Waals surface area contributed by atoms with Crippen molar-refractivity contribution in [2.75, 3.05) is 4.72 Å². The zero-order chi connectivity index (χ0) is 18.7. The molecule has 6 heteroatoms. The van der Waals surface area contributed by atoms with E-state index in [1.165, 1.54) is 24.5 Å². The van der Waals surface area contributed by atoms with E-state index in [4.69, 9.17) is 0 Å². The molecule has 0 unspecified atom stereocenters. The number of hydrogen-bond acceptors (Lipinski definition) is 4. The van der Waals surface area contributed by atoms with Gasteiger partial charge in [-0.1, -0.05) is 18.2 Å². The van der Waals surface area contributed by atoms with Crippen molar-refractivity contribution in [1.29, 1.82) is 0 Å². The summed E-state index contributed by atoms with van der Waals surface area (Å²) in [7, 11) is -3.80. The molecule has 3 aromatic rings. The summed E-state index contributed by atoms with van der Waals surface area (Å²) >= 11 is 0. The van der Waals surface area contributed by atoms with Crippen molar-refractivity contribution >= 4 is 21.5 Å². The minimum atomic E-state index is -3.80. The maximum Gasteiger partial charge on any atom is 0.261 e. The van der Waals surface area contributed by atoms with Gasteiger partial charge in [0.1, 0.15) is 0 Å². The molecule has 0 fully saturated rings. The molecule has 132 valence electrons. The quantitative estimate of drug-likeness (QED) is 0.698. The number of nitrogens with zero attached hydrogens (tertiary/aromatic N) is 1. The number of sulfonamides is 1. The molecule has 0 amide bonds. The van der Waals surface area contributed by atoms with Gasteiger partial charge >= 0.3 is 0 Å². The van der Waals surface area contributed by atoms with Gasteiger partial charge in [0.05, 0.1) is 10.6 Å². The van der Waals surface area contributed by atoms with Crippen LogP contribution in [0.1, 0.15) is 27.0 Å². The lowest BCUT2D eigenvalue weighted by Crippen LogP contribution is -2.16. The standard InChI is InChI=1S/C20H18N2O3S/c1-14-12-18(20(23)16-8-10-21-11-9-16)19(13-15(14)2)22-26(24,25)17-6-4-3-5-7-17/h3-13,22H,1-2H3. The zero-order valence-corrected chi connectivity index (χ0v) is 15.2. The molecule has 26 heavy (non-hydrogen) atoms. The summed E-state index contributed by atoms with van der Waals surface area (Å²) < 4.78 is 27.9. The first-order valence-electron chi connectivity index (χ1n) is 8.02. The molecule has 0 spiro atoms. The molecule has 0 saturated heterocycles. The van der Waals surface area contributed by atoms with E-state index >= 15 is 0 Å². The van der Waals surface area contributed by atoms with E-state index in [0.717, 1.165) is 11.1 Å². The number of aromatic nitrogens is 1. The van der Waals surface area contributed by atoms with Gasteiger partial charge in [0.2, 0.25) is 0 Å². The van der Waals surface area contributed by atoms with Gasteiger partial charge < -0.3 is 0 Å². The predicted octanol–water partition coefficient (Wildman–Crippen LogP) is 3.73. The summed E-state index contributed by atoms with van der Waals surface area (Å²) in [5.74, 6) is -0.263. The first kappa shape index (κ1) is 17.8. The number of hydrogen-bond donors (Lipinski definition) is 1. The van der Waals surface area contributed by atoms with Gasteiger partial charge in [-0.05, 0) is 61.4 Å². The molecular formula is C20H18N2O3S. The lowest BCUT2D eigenvalue weighted by atomic mass is 9.98. The molecule has 5 nitrogen and oxygen atoms in total. The molecule has 0 aliphatic rings. The van der Waals surface area contributed by atoms with Gasteiger partial charge in [-0.15, -0.1) is 0 Å². The number of anilines is 1. The number of aryl methyl sites for hydroxylation is 2. The fraction of sp³-hybridized carbons (Fsp3) is 0.100. The van der Waals surface area contributed by atoms with Gasteiger partial charge in [0.15, 0.2) is 5.78 Å². The SMILES string of the molecule is Cc1cc(NS(=O)(=O)c2ccccc2)c(C(=O)c2ccncc2)cc1C. The Bertz CT molecular complexity index is 1050. The summed E-state index contributed by atoms with van der Waals surface area (Å²) in [6.07, 6.45) is 3.06. The zero-order valence-electron chi connectivity index (χ0n) is 14.4. The molecule has 0 saturated carbocycles. The monoisotopic (exact) mass is 366 g/mol. The van der Waals surface area contributed by atoms with E-state index in [1.807, 2.05) is 13.8 Å². The van der Waals surface area contributed by atoms with Crippen LogP contribution >= 0.6 is 0 Å². The summed E-state index contributed by atoms with van der Waals surface area (Å²) in [5.41, 5.74) is 2.81. The Morgan fingerprint density at radius 2 is 1.54 bits per heavy atom. The van der Waals surface area contributed by atoms with Crippen molar-refractivity contribution in [3.63, 3.8) is 0 Å². The van der Waals surface area contributed by atoms with Crippen LogP contribution in [0.2, 0.25) is 0 Å². The predicted molar refractivity (Wildman–Crippen MR) is 101 cm³/mol. The maximum atomic E-state index is 12.9. The normalized spacial score (nSPS) is 11.2. The van der Waals surface area contributed by atoms with E-state index in [-0.39, 0.29) is 16.4 Å². The topological polar surface area (TPSA) is 76.1 Å². The van der Waals surface area contributed by atoms with Crippen molar-refractivity contribution in [3.05, 3.63) is 89.2 Å². The van der Waals surface area contributed by atoms with Crippen molar-refractivity contribution in [2.45, 2.75) is 18.7 Å². The summed E-state index contributed by atoms with van der Waals surface area (Å²) in [6, 6.07) is 14.7. The Kier molecular flexibility index (Phi) is 4.86. The smallest absolute Gasteiger partial charge is 0.261 e. The Morgan fingerprint density at radius 1 is 0.923 bits per heavy atom. The van der Waals surface area contributed by atoms with Gasteiger partial charge in [-0.25, -0.2) is 8.42 Å². The molecule has 3 rings (SSSR count). The first-order valence-corrected chi connectivity index (χ1v) is 9.50. The average molecular weight is 366 g/mol. The molecular weight excluding hydrogens is 348 g/mol. The lowest BCUT2D eigenvalue weighted by Gasteiger charge is -2.15. The second-order valence-electron chi connectivity index (χ2n) is 5.97. The largest absolute Gasteiger partial charge is 0.289 e. The third-order valence-corrected chi connectivity index (χ3v) is 5.50. The highest BCUT2D eigenvalue weighted by atomic mass is 32.2. The summed E-state index contributed by atoms with van der Waals surface area (Å²) in [4.78, 5) is 16.9. The van der Waals surface area contributed by atoms with Crippen molar-refractivity contribution in [1.82, 2.24) is 4.98 Å². The highest BCUT2D eigenvalue weighted by Crippen LogP contribution is 2.26. The number of carbonyl (C=O) groups excluding carboxylic acids is 1. The van der Waals surface area contributed by atoms with Crippen LogP contribution in [0, 0.1) is 13.8 Å². The maximum absolute atomic E-state index is 12.9. The lowest BCUT2D eigenvalue weighted by molar-refractivity contribution is 0.103. The molecule has 0 aliphatic heterocycles. The molecule has 1 N–H and O–H groups in total. The number of benzene rings is 2. The number of ketones is 1. The Labute approximate surface area is 152 Å². The van der Waals surface area contributed by atoms with Crippen LogP contribution in [0.4, 0.5) is 5.69 Å². The number of nitrogens with one attached hydrogen (secondary N) is 1. The molecule has 0 radical (unpaired) electrons. The Hall–Kier alpha value is -2.99. The van der Waals surface area contributed by atoms with E-state index in [0.29, 0.717) is 11.1 Å². The average Bonchev–Trinajstić information content (AvgIpc) is 2.65. The second kappa shape index (κ2) is 7.09. The minimum Gasteiger partial charge on any atom is -0.289 e. The number of pyridine rings is 1. The van der Waals surface area contributed by atoms with Crippen molar-refractivity contribution in [2.24, 2.45) is 0 Å². The van der Waals surface area contributed by atoms with Gasteiger partial charge in [0, 0.05) is 23.5 Å².